The van der Waals surface area contributed by atoms with E-state index in [1.807, 2.05) is 24.3 Å². The highest BCUT2D eigenvalue weighted by molar-refractivity contribution is 5.88. The van der Waals surface area contributed by atoms with Gasteiger partial charge in [-0.05, 0) is 24.0 Å². The predicted molar refractivity (Wildman–Crippen MR) is 65.2 cm³/mol. The van der Waals surface area contributed by atoms with Crippen molar-refractivity contribution in [3.05, 3.63) is 35.4 Å². The third-order valence-corrected chi connectivity index (χ3v) is 3.10. The van der Waals surface area contributed by atoms with Gasteiger partial charge in [0, 0.05) is 13.7 Å². The molecule has 1 fully saturated rings. The van der Waals surface area contributed by atoms with E-state index in [0.717, 1.165) is 24.0 Å². The van der Waals surface area contributed by atoms with E-state index in [0.29, 0.717) is 13.2 Å². The van der Waals surface area contributed by atoms with E-state index < -0.39 is 5.54 Å². The van der Waals surface area contributed by atoms with Crippen molar-refractivity contribution in [3.8, 4) is 0 Å². The average Bonchev–Trinajstić information content (AvgIpc) is 3.08. The maximum Gasteiger partial charge on any atom is 0.240 e. The molecule has 1 aliphatic rings. The smallest absolute Gasteiger partial charge is 0.240 e. The number of ether oxygens (including phenoxy) is 1. The summed E-state index contributed by atoms with van der Waals surface area (Å²) in [5.41, 5.74) is 7.38. The Morgan fingerprint density at radius 3 is 2.65 bits per heavy atom. The number of nitrogens with two attached hydrogens (primary N) is 1. The second kappa shape index (κ2) is 4.85. The lowest BCUT2D eigenvalue weighted by Crippen LogP contribution is -2.42. The van der Waals surface area contributed by atoms with Crippen LogP contribution in [0.15, 0.2) is 24.3 Å². The molecule has 1 aromatic rings. The zero-order chi connectivity index (χ0) is 12.3. The van der Waals surface area contributed by atoms with Crippen LogP contribution in [0.25, 0.3) is 0 Å². The minimum atomic E-state index is -0.601. The van der Waals surface area contributed by atoms with Crippen LogP contribution in [0, 0.1) is 0 Å². The molecule has 17 heavy (non-hydrogen) atoms. The maximum absolute atomic E-state index is 11.7. The van der Waals surface area contributed by atoms with Crippen LogP contribution < -0.4 is 11.1 Å². The Kier molecular flexibility index (Phi) is 3.45. The van der Waals surface area contributed by atoms with Crippen LogP contribution in [-0.2, 0) is 22.7 Å². The van der Waals surface area contributed by atoms with Gasteiger partial charge in [-0.1, -0.05) is 24.3 Å². The Hall–Kier alpha value is -1.39. The molecule has 4 nitrogen and oxygen atoms in total. The summed E-state index contributed by atoms with van der Waals surface area (Å²) >= 11 is 0. The van der Waals surface area contributed by atoms with Crippen molar-refractivity contribution in [2.45, 2.75) is 31.5 Å². The number of carbonyl (C=O) groups is 1. The standard InChI is InChI=1S/C13H18N2O2/c1-17-9-11-5-3-2-4-10(11)8-15-12(16)13(14)6-7-13/h2-5H,6-9,14H2,1H3,(H,15,16). The van der Waals surface area contributed by atoms with E-state index >= 15 is 0 Å². The molecule has 0 aromatic heterocycles. The summed E-state index contributed by atoms with van der Waals surface area (Å²) in [6.45, 7) is 1.07. The van der Waals surface area contributed by atoms with Crippen molar-refractivity contribution in [1.82, 2.24) is 5.32 Å². The first kappa shape index (κ1) is 12.1. The minimum absolute atomic E-state index is 0.0512. The lowest BCUT2D eigenvalue weighted by atomic mass is 10.1. The highest BCUT2D eigenvalue weighted by Crippen LogP contribution is 2.32. The Morgan fingerprint density at radius 1 is 1.41 bits per heavy atom. The van der Waals surface area contributed by atoms with Crippen LogP contribution in [-0.4, -0.2) is 18.6 Å². The minimum Gasteiger partial charge on any atom is -0.380 e. The molecule has 1 saturated carbocycles. The lowest BCUT2D eigenvalue weighted by Gasteiger charge is -2.12. The average molecular weight is 234 g/mol. The van der Waals surface area contributed by atoms with Gasteiger partial charge in [-0.2, -0.15) is 0 Å². The fourth-order valence-corrected chi connectivity index (χ4v) is 1.74. The summed E-state index contributed by atoms with van der Waals surface area (Å²) in [4.78, 5) is 11.7. The third kappa shape index (κ3) is 2.84. The molecule has 92 valence electrons. The molecule has 3 N–H and O–H groups in total. The van der Waals surface area contributed by atoms with Crippen LogP contribution in [0.5, 0.6) is 0 Å². The van der Waals surface area contributed by atoms with Crippen LogP contribution in [0.2, 0.25) is 0 Å². The molecule has 0 aliphatic heterocycles. The first-order valence-corrected chi connectivity index (χ1v) is 5.78. The third-order valence-electron chi connectivity index (χ3n) is 3.10. The Balaban J connectivity index is 1.96. The topological polar surface area (TPSA) is 64.3 Å². The number of carbonyl (C=O) groups excluding carboxylic acids is 1. The SMILES string of the molecule is COCc1ccccc1CNC(=O)C1(N)CC1. The zero-order valence-corrected chi connectivity index (χ0v) is 10.0. The molecular formula is C13H18N2O2. The van der Waals surface area contributed by atoms with Gasteiger partial charge >= 0.3 is 0 Å². The van der Waals surface area contributed by atoms with Gasteiger partial charge in [-0.15, -0.1) is 0 Å². The molecule has 0 spiro atoms. The van der Waals surface area contributed by atoms with E-state index in [4.69, 9.17) is 10.5 Å². The van der Waals surface area contributed by atoms with Crippen LogP contribution in [0.3, 0.4) is 0 Å². The van der Waals surface area contributed by atoms with Crippen molar-refractivity contribution < 1.29 is 9.53 Å². The first-order chi connectivity index (χ1) is 8.15. The molecule has 2 rings (SSSR count). The van der Waals surface area contributed by atoms with E-state index in [2.05, 4.69) is 5.32 Å². The number of hydrogen-bond donors (Lipinski definition) is 2. The Labute approximate surface area is 101 Å². The van der Waals surface area contributed by atoms with Gasteiger partial charge in [0.1, 0.15) is 0 Å². The van der Waals surface area contributed by atoms with Crippen molar-refractivity contribution in [2.24, 2.45) is 5.73 Å². The van der Waals surface area contributed by atoms with Gasteiger partial charge < -0.3 is 15.8 Å². The van der Waals surface area contributed by atoms with Gasteiger partial charge in [0.05, 0.1) is 12.1 Å². The molecule has 4 heteroatoms. The monoisotopic (exact) mass is 234 g/mol. The highest BCUT2D eigenvalue weighted by atomic mass is 16.5. The fraction of sp³-hybridized carbons (Fsp3) is 0.462. The quantitative estimate of drug-likeness (QED) is 0.797. The van der Waals surface area contributed by atoms with E-state index in [-0.39, 0.29) is 5.91 Å². The molecule has 0 radical (unpaired) electrons. The number of hydrogen-bond acceptors (Lipinski definition) is 3. The van der Waals surface area contributed by atoms with Gasteiger partial charge in [0.25, 0.3) is 0 Å². The van der Waals surface area contributed by atoms with Crippen molar-refractivity contribution in [2.75, 3.05) is 7.11 Å². The summed E-state index contributed by atoms with van der Waals surface area (Å²) < 4.78 is 5.12. The Bertz CT molecular complexity index is 414. The summed E-state index contributed by atoms with van der Waals surface area (Å²) in [5.74, 6) is -0.0512. The van der Waals surface area contributed by atoms with Gasteiger partial charge in [0.15, 0.2) is 0 Å². The predicted octanol–water partition coefficient (Wildman–Crippen LogP) is 0.941. The lowest BCUT2D eigenvalue weighted by molar-refractivity contribution is -0.123. The van der Waals surface area contributed by atoms with Crippen molar-refractivity contribution >= 4 is 5.91 Å². The van der Waals surface area contributed by atoms with Crippen LogP contribution >= 0.6 is 0 Å². The number of benzene rings is 1. The second-order valence-electron chi connectivity index (χ2n) is 4.54. The molecular weight excluding hydrogens is 216 g/mol. The molecule has 0 saturated heterocycles. The molecule has 0 bridgehead atoms. The van der Waals surface area contributed by atoms with Gasteiger partial charge in [0.2, 0.25) is 5.91 Å². The van der Waals surface area contributed by atoms with Crippen molar-refractivity contribution in [1.29, 1.82) is 0 Å². The number of rotatable bonds is 5. The largest absolute Gasteiger partial charge is 0.380 e. The van der Waals surface area contributed by atoms with Gasteiger partial charge in [-0.25, -0.2) is 0 Å². The normalized spacial score (nSPS) is 16.6. The maximum atomic E-state index is 11.7. The molecule has 0 atom stereocenters. The van der Waals surface area contributed by atoms with Crippen LogP contribution in [0.4, 0.5) is 0 Å². The van der Waals surface area contributed by atoms with E-state index in [1.165, 1.54) is 0 Å². The fourth-order valence-electron chi connectivity index (χ4n) is 1.74. The molecule has 1 aliphatic carbocycles. The summed E-state index contributed by atoms with van der Waals surface area (Å²) in [6.07, 6.45) is 1.58. The van der Waals surface area contributed by atoms with Crippen LogP contribution in [0.1, 0.15) is 24.0 Å². The summed E-state index contributed by atoms with van der Waals surface area (Å²) in [5, 5.41) is 2.88. The molecule has 0 unspecified atom stereocenters. The van der Waals surface area contributed by atoms with E-state index in [1.54, 1.807) is 7.11 Å². The Morgan fingerprint density at radius 2 is 2.06 bits per heavy atom. The molecule has 0 heterocycles. The number of amides is 1. The highest BCUT2D eigenvalue weighted by Gasteiger charge is 2.45. The second-order valence-corrected chi connectivity index (χ2v) is 4.54. The summed E-state index contributed by atoms with van der Waals surface area (Å²) in [6, 6.07) is 7.91. The number of methoxy groups -OCH3 is 1. The van der Waals surface area contributed by atoms with Gasteiger partial charge in [-0.3, -0.25) is 4.79 Å². The molecule has 1 aromatic carbocycles. The molecule has 1 amide bonds. The number of nitrogens with one attached hydrogen (secondary N) is 1. The van der Waals surface area contributed by atoms with E-state index in [9.17, 15) is 4.79 Å². The van der Waals surface area contributed by atoms with Crippen molar-refractivity contribution in [3.63, 3.8) is 0 Å². The zero-order valence-electron chi connectivity index (χ0n) is 10.0. The first-order valence-electron chi connectivity index (χ1n) is 5.78. The summed E-state index contributed by atoms with van der Waals surface area (Å²) in [7, 11) is 1.66.